The van der Waals surface area contributed by atoms with E-state index in [2.05, 4.69) is 91.8 Å². The van der Waals surface area contributed by atoms with E-state index >= 15 is 0 Å². The Hall–Kier alpha value is -4.72. The second kappa shape index (κ2) is 82.0. The first-order valence-corrected chi connectivity index (χ1v) is 54.4. The number of carbonyl (C=O) groups is 2. The number of carboxylic acids is 1. The highest BCUT2D eigenvalue weighted by Crippen LogP contribution is 2.42. The lowest BCUT2D eigenvalue weighted by Gasteiger charge is -2.18. The number of nitrogens with one attached hydrogen (secondary N) is 2. The van der Waals surface area contributed by atoms with Gasteiger partial charge >= 0.3 is 5.97 Å². The van der Waals surface area contributed by atoms with Gasteiger partial charge in [0.05, 0.1) is 56.8 Å². The first-order valence-electron chi connectivity index (χ1n) is 51.2. The Bertz CT molecular complexity index is 3440. The van der Waals surface area contributed by atoms with Gasteiger partial charge in [0.15, 0.2) is 22.3 Å². The molecular formula is C101H181Cl3N10O12S. The summed E-state index contributed by atoms with van der Waals surface area (Å²) in [7, 11) is 7.36. The van der Waals surface area contributed by atoms with Crippen LogP contribution in [0.4, 0.5) is 11.9 Å². The summed E-state index contributed by atoms with van der Waals surface area (Å²) in [6.45, 7) is 20.6. The number of aliphatic carboxylic acids is 1. The van der Waals surface area contributed by atoms with Crippen LogP contribution in [0, 0.1) is 11.8 Å². The molecular weight excluding hydrogens is 1680 g/mol. The largest absolute Gasteiger partial charge is 0.481 e. The molecule has 127 heavy (non-hydrogen) atoms. The number of unbranched alkanes of at least 4 members (excludes halogenated alkanes) is 61. The van der Waals surface area contributed by atoms with Crippen LogP contribution in [-0.2, 0) is 33.3 Å². The molecule has 2 aliphatic carbocycles. The van der Waals surface area contributed by atoms with Crippen molar-refractivity contribution in [2.75, 3.05) is 37.9 Å². The third kappa shape index (κ3) is 61.7. The number of aromatic nitrogens is 8. The first kappa shape index (κ1) is 118. The fourth-order valence-electron chi connectivity index (χ4n) is 17.4. The number of hydrogen-bond acceptors (Lipinski definition) is 17. The van der Waals surface area contributed by atoms with Crippen LogP contribution in [0.5, 0.6) is 0 Å². The van der Waals surface area contributed by atoms with Gasteiger partial charge in [0, 0.05) is 59.1 Å². The fourth-order valence-corrected chi connectivity index (χ4v) is 17.5. The number of nitrogens with zero attached hydrogens (tertiary/aromatic N) is 6. The van der Waals surface area contributed by atoms with Crippen LogP contribution < -0.4 is 22.6 Å². The number of aromatic amines is 2. The summed E-state index contributed by atoms with van der Waals surface area (Å²) in [6, 6.07) is -0.469. The van der Waals surface area contributed by atoms with E-state index in [0.29, 0.717) is 62.4 Å². The van der Waals surface area contributed by atoms with E-state index in [1.165, 1.54) is 372 Å². The summed E-state index contributed by atoms with van der Waals surface area (Å²) in [4.78, 5) is 77.0. The van der Waals surface area contributed by atoms with Crippen molar-refractivity contribution in [3.05, 3.63) is 70.0 Å². The highest BCUT2D eigenvalue weighted by Gasteiger charge is 2.40. The van der Waals surface area contributed by atoms with Gasteiger partial charge < -0.3 is 50.7 Å². The van der Waals surface area contributed by atoms with Crippen molar-refractivity contribution < 1.29 is 48.7 Å². The predicted molar refractivity (Wildman–Crippen MR) is 533 cm³/mol. The van der Waals surface area contributed by atoms with Gasteiger partial charge in [-0.25, -0.2) is 14.2 Å². The minimum absolute atomic E-state index is 0.00659. The zero-order valence-corrected chi connectivity index (χ0v) is 83.1. The van der Waals surface area contributed by atoms with Crippen molar-refractivity contribution >= 4 is 87.6 Å². The molecule has 0 amide bonds. The van der Waals surface area contributed by atoms with E-state index in [1.54, 1.807) is 15.5 Å². The number of imidazole rings is 2. The van der Waals surface area contributed by atoms with Gasteiger partial charge in [-0.1, -0.05) is 426 Å². The summed E-state index contributed by atoms with van der Waals surface area (Å²) in [5.41, 5.74) is 13.2. The Morgan fingerprint density at radius 1 is 0.441 bits per heavy atom. The predicted octanol–water partition coefficient (Wildman–Crippen LogP) is 28.3. The number of carbonyl (C=O) groups excluding carboxylic acids is 1. The SMILES string of the molecule is C=C(CCCCCCCCCCCOC[C@H]1C(=C)[C@@H](n2cnc3c(=O)[nH]c(N)nc32)C[C@@H]1O)OOCCCCCCCCCCCC.C=C1[C@H](CO)[C@@H](O)C[C@@H]1n1cnc2c(=O)[nH]c(N)nc21.CCCCCCCCCCCCCCCCCCCCCCCCCC(=O)Cl.CCCCCCCCCCCCCCCCCCCCCCCCCC(=O)O.O=S(Cl)Cl. The molecule has 6 atom stereocenters. The van der Waals surface area contributed by atoms with Gasteiger partial charge in [-0.2, -0.15) is 14.9 Å². The van der Waals surface area contributed by atoms with Crippen LogP contribution in [0.3, 0.4) is 0 Å². The molecule has 0 spiro atoms. The topological polar surface area (TPSA) is 339 Å². The number of nitrogen functional groups attached to an aromatic ring is 2. The standard InChI is InChI=1S/C37H63N5O5.C26H51ClO.C26H52O2.C12H15N5O3.Cl2OS/c1-4-5-6-7-8-9-13-16-19-22-25-46-47-29(2)23-20-17-14-11-10-12-15-18-21-24-45-27-31-30(3)32(26-33(31)43)42-28-39-34-35(42)40-37(38)41-36(34)44;2*1-2-3-4-5-6-7-8-9-10-11-12-13-14-15-16-17-18-19-20-21-22-23-24-25-26(27)28;1-5-6(3-18)8(19)2-7(5)17-4-14-9-10(17)15-12(13)16-11(9)20;1-4(2)3/h28,31-33,43H,2-27H2,1H3,(H3,38,40,41,44);2-25H2,1H3;2-25H2,1H3,(H,27,28);4,6-8,18-19H,1-3H2,(H3,13,15,16,20);/t31-,32-,33-;;;6-,7-,8-;/m0..0./s1. The molecule has 4 heterocycles. The maximum absolute atomic E-state index is 12.1. The van der Waals surface area contributed by atoms with Crippen molar-refractivity contribution in [3.8, 4) is 0 Å². The third-order valence-electron chi connectivity index (χ3n) is 25.2. The molecule has 10 N–H and O–H groups in total. The number of halogens is 3. The van der Waals surface area contributed by atoms with Crippen molar-refractivity contribution in [3.63, 3.8) is 0 Å². The Kier molecular flexibility index (Phi) is 76.4. The fraction of sp³-hybridized carbons (Fsp3) is 0.822. The van der Waals surface area contributed by atoms with E-state index in [9.17, 15) is 34.5 Å². The normalized spacial score (nSPS) is 16.0. The van der Waals surface area contributed by atoms with Crippen LogP contribution in [0.25, 0.3) is 22.3 Å². The van der Waals surface area contributed by atoms with Gasteiger partial charge in [0.1, 0.15) is 5.76 Å². The molecule has 0 unspecified atom stereocenters. The summed E-state index contributed by atoms with van der Waals surface area (Å²) < 4.78 is 18.5. The number of allylic oxidation sites excluding steroid dienone is 1. The number of nitrogens with two attached hydrogens (primary N) is 2. The van der Waals surface area contributed by atoms with Crippen LogP contribution in [0.15, 0.2) is 58.9 Å². The van der Waals surface area contributed by atoms with E-state index in [0.717, 1.165) is 69.1 Å². The number of fused-ring (bicyclic) bond motifs is 2. The molecule has 26 heteroatoms. The average molecular weight is 1870 g/mol. The van der Waals surface area contributed by atoms with Gasteiger partial charge in [0.25, 0.3) is 11.1 Å². The molecule has 0 aromatic carbocycles. The zero-order valence-electron chi connectivity index (χ0n) is 80.0. The number of H-pyrrole nitrogens is 2. The van der Waals surface area contributed by atoms with Crippen LogP contribution in [-0.4, -0.2) is 114 Å². The third-order valence-corrected chi connectivity index (χ3v) is 25.4. The average Bonchev–Trinajstić information content (AvgIpc) is 1.63. The number of carboxylic acid groups (broad SMARTS) is 1. The molecule has 4 aromatic rings. The van der Waals surface area contributed by atoms with Crippen LogP contribution in [0.2, 0.25) is 0 Å². The summed E-state index contributed by atoms with van der Waals surface area (Å²) in [6.07, 6.45) is 92.2. The number of aliphatic hydroxyl groups is 3. The Morgan fingerprint density at radius 2 is 0.701 bits per heavy atom. The molecule has 2 aliphatic rings. The zero-order chi connectivity index (χ0) is 92.8. The number of hydrogen-bond donors (Lipinski definition) is 8. The molecule has 734 valence electrons. The molecule has 2 fully saturated rings. The number of ether oxygens (including phenoxy) is 1. The lowest BCUT2D eigenvalue weighted by Crippen LogP contribution is -2.20. The van der Waals surface area contributed by atoms with Crippen molar-refractivity contribution in [2.45, 2.75) is 495 Å². The molecule has 6 rings (SSSR count). The number of anilines is 2. The van der Waals surface area contributed by atoms with E-state index in [4.69, 9.17) is 46.9 Å². The second-order valence-corrected chi connectivity index (χ2v) is 39.3. The van der Waals surface area contributed by atoms with Gasteiger partial charge in [0.2, 0.25) is 26.4 Å². The Morgan fingerprint density at radius 3 is 0.984 bits per heavy atom. The van der Waals surface area contributed by atoms with E-state index in [1.807, 2.05) is 0 Å². The first-order chi connectivity index (χ1) is 61.7. The smallest absolute Gasteiger partial charge is 0.303 e. The molecule has 0 aliphatic heterocycles. The van der Waals surface area contributed by atoms with E-state index < -0.39 is 33.0 Å². The molecule has 0 saturated heterocycles. The molecule has 0 radical (unpaired) electrons. The van der Waals surface area contributed by atoms with Crippen molar-refractivity contribution in [1.82, 2.24) is 39.0 Å². The van der Waals surface area contributed by atoms with Crippen molar-refractivity contribution in [1.29, 1.82) is 0 Å². The van der Waals surface area contributed by atoms with Crippen molar-refractivity contribution in [2.24, 2.45) is 11.8 Å². The van der Waals surface area contributed by atoms with Crippen LogP contribution >= 0.6 is 33.0 Å². The summed E-state index contributed by atoms with van der Waals surface area (Å²) in [5.74, 6) is -0.398. The Labute approximate surface area is 784 Å². The van der Waals surface area contributed by atoms with Gasteiger partial charge in [-0.3, -0.25) is 29.1 Å². The monoisotopic (exact) mass is 1860 g/mol. The summed E-state index contributed by atoms with van der Waals surface area (Å²) >= 11 is 5.34. The Balaban J connectivity index is 0.000000592. The number of aliphatic hydroxyl groups excluding tert-OH is 3. The minimum atomic E-state index is -1.67. The highest BCUT2D eigenvalue weighted by molar-refractivity contribution is 8.26. The molecule has 22 nitrogen and oxygen atoms in total. The highest BCUT2D eigenvalue weighted by atomic mass is 36.0. The maximum Gasteiger partial charge on any atom is 0.303 e. The lowest BCUT2D eigenvalue weighted by atomic mass is 10.0. The van der Waals surface area contributed by atoms with Crippen LogP contribution in [0.1, 0.15) is 482 Å². The quantitative estimate of drug-likeness (QED) is 0.00508. The van der Waals surface area contributed by atoms with E-state index in [-0.39, 0.29) is 64.3 Å². The summed E-state index contributed by atoms with van der Waals surface area (Å²) in [5, 5.41) is 38.3. The molecule has 2 saturated carbocycles. The number of rotatable bonds is 78. The second-order valence-electron chi connectivity index (χ2n) is 36.4. The lowest BCUT2D eigenvalue weighted by molar-refractivity contribution is -0.264. The van der Waals surface area contributed by atoms with Gasteiger partial charge in [-0.05, 0) is 67.7 Å². The van der Waals surface area contributed by atoms with Gasteiger partial charge in [-0.15, -0.1) is 0 Å². The molecule has 4 aromatic heterocycles. The molecule has 0 bridgehead atoms. The minimum Gasteiger partial charge on any atom is -0.481 e. The maximum atomic E-state index is 12.1.